The van der Waals surface area contributed by atoms with Gasteiger partial charge in [0.15, 0.2) is 5.96 Å². The molecule has 4 N–H and O–H groups in total. The Kier molecular flexibility index (Phi) is 6.98. The summed E-state index contributed by atoms with van der Waals surface area (Å²) >= 11 is 3.49. The molecule has 0 aliphatic rings. The predicted molar refractivity (Wildman–Crippen MR) is 88.7 cm³/mol. The van der Waals surface area contributed by atoms with Crippen LogP contribution in [0.1, 0.15) is 32.8 Å². The molecule has 0 saturated heterocycles. The third-order valence-electron chi connectivity index (χ3n) is 2.56. The van der Waals surface area contributed by atoms with Crippen LogP contribution in [0.4, 0.5) is 0 Å². The molecule has 0 amide bonds. The highest BCUT2D eigenvalue weighted by Gasteiger charge is 2.09. The second-order valence-corrected chi connectivity index (χ2v) is 6.55. The number of guanidine groups is 1. The maximum Gasteiger partial charge on any atom is 0.185 e. The minimum atomic E-state index is -0.105. The van der Waals surface area contributed by atoms with Crippen molar-refractivity contribution < 1.29 is 9.47 Å². The Bertz CT molecular complexity index is 472. The molecule has 0 atom stereocenters. The Balaban J connectivity index is 2.37. The first kappa shape index (κ1) is 17.8. The summed E-state index contributed by atoms with van der Waals surface area (Å²) in [7, 11) is 0. The van der Waals surface area contributed by atoms with Crippen LogP contribution >= 0.6 is 15.9 Å². The Labute approximate surface area is 134 Å². The maximum absolute atomic E-state index is 7.13. The summed E-state index contributed by atoms with van der Waals surface area (Å²) in [5, 5.41) is 9.90. The lowest BCUT2D eigenvalue weighted by molar-refractivity contribution is -0.00771. The van der Waals surface area contributed by atoms with Gasteiger partial charge in [-0.15, -0.1) is 0 Å². The number of nitrogens with two attached hydrogens (primary N) is 1. The predicted octanol–water partition coefficient (Wildman–Crippen LogP) is 3.02. The molecule has 0 aliphatic carbocycles. The van der Waals surface area contributed by atoms with E-state index in [4.69, 9.17) is 20.6 Å². The SMILES string of the molecule is CC(C)(C)OCCCOc1ccc(CNC(=N)N)cc1Br. The quantitative estimate of drug-likeness (QED) is 0.398. The molecular formula is C15H24BrN3O2. The third kappa shape index (κ3) is 7.92. The van der Waals surface area contributed by atoms with E-state index in [0.717, 1.165) is 22.2 Å². The smallest absolute Gasteiger partial charge is 0.185 e. The summed E-state index contributed by atoms with van der Waals surface area (Å²) in [5.74, 6) is 0.766. The summed E-state index contributed by atoms with van der Waals surface area (Å²) in [6.45, 7) is 7.93. The van der Waals surface area contributed by atoms with Gasteiger partial charge in [0.05, 0.1) is 23.3 Å². The van der Waals surface area contributed by atoms with Crippen LogP contribution in [0.5, 0.6) is 5.75 Å². The van der Waals surface area contributed by atoms with E-state index in [1.165, 1.54) is 0 Å². The van der Waals surface area contributed by atoms with Gasteiger partial charge in [0.2, 0.25) is 0 Å². The summed E-state index contributed by atoms with van der Waals surface area (Å²) in [6.07, 6.45) is 0.845. The zero-order valence-electron chi connectivity index (χ0n) is 12.8. The fourth-order valence-electron chi connectivity index (χ4n) is 1.59. The number of hydrogen-bond donors (Lipinski definition) is 3. The van der Waals surface area contributed by atoms with E-state index >= 15 is 0 Å². The van der Waals surface area contributed by atoms with Crippen LogP contribution in [0.2, 0.25) is 0 Å². The van der Waals surface area contributed by atoms with E-state index in [-0.39, 0.29) is 11.6 Å². The molecule has 0 aromatic heterocycles. The lowest BCUT2D eigenvalue weighted by Gasteiger charge is -2.19. The van der Waals surface area contributed by atoms with Crippen molar-refractivity contribution in [3.05, 3.63) is 28.2 Å². The van der Waals surface area contributed by atoms with Crippen molar-refractivity contribution in [2.45, 2.75) is 39.3 Å². The topological polar surface area (TPSA) is 80.4 Å². The van der Waals surface area contributed by atoms with E-state index in [0.29, 0.717) is 19.8 Å². The van der Waals surface area contributed by atoms with Crippen LogP contribution < -0.4 is 15.8 Å². The van der Waals surface area contributed by atoms with Crippen LogP contribution in [0, 0.1) is 5.41 Å². The van der Waals surface area contributed by atoms with Crippen LogP contribution in [-0.4, -0.2) is 24.8 Å². The van der Waals surface area contributed by atoms with Gasteiger partial charge in [-0.2, -0.15) is 0 Å². The van der Waals surface area contributed by atoms with Crippen molar-refractivity contribution >= 4 is 21.9 Å². The van der Waals surface area contributed by atoms with E-state index in [9.17, 15) is 0 Å². The van der Waals surface area contributed by atoms with E-state index in [1.807, 2.05) is 39.0 Å². The molecule has 0 bridgehead atoms. The first-order valence-electron chi connectivity index (χ1n) is 6.91. The van der Waals surface area contributed by atoms with Crippen molar-refractivity contribution in [1.82, 2.24) is 5.32 Å². The van der Waals surface area contributed by atoms with Gasteiger partial charge in [-0.25, -0.2) is 0 Å². The third-order valence-corrected chi connectivity index (χ3v) is 3.18. The van der Waals surface area contributed by atoms with E-state index in [2.05, 4.69) is 21.2 Å². The van der Waals surface area contributed by atoms with Crippen LogP contribution in [0.15, 0.2) is 22.7 Å². The molecule has 0 saturated carbocycles. The highest BCUT2D eigenvalue weighted by Crippen LogP contribution is 2.26. The second kappa shape index (κ2) is 8.24. The molecule has 0 fully saturated rings. The number of hydrogen-bond acceptors (Lipinski definition) is 3. The van der Waals surface area contributed by atoms with Gasteiger partial charge in [-0.3, -0.25) is 5.41 Å². The number of benzene rings is 1. The van der Waals surface area contributed by atoms with Crippen LogP contribution in [0.25, 0.3) is 0 Å². The molecule has 0 aliphatic heterocycles. The van der Waals surface area contributed by atoms with E-state index < -0.39 is 0 Å². The molecule has 1 aromatic rings. The normalized spacial score (nSPS) is 11.2. The lowest BCUT2D eigenvalue weighted by atomic mass is 10.2. The first-order valence-corrected chi connectivity index (χ1v) is 7.70. The van der Waals surface area contributed by atoms with Crippen LogP contribution in [0.3, 0.4) is 0 Å². The summed E-state index contributed by atoms with van der Waals surface area (Å²) in [6, 6.07) is 5.81. The second-order valence-electron chi connectivity index (χ2n) is 5.69. The van der Waals surface area contributed by atoms with Crippen molar-refractivity contribution in [1.29, 1.82) is 5.41 Å². The molecular weight excluding hydrogens is 334 g/mol. The van der Waals surface area contributed by atoms with Gasteiger partial charge >= 0.3 is 0 Å². The molecule has 1 aromatic carbocycles. The summed E-state index contributed by atoms with van der Waals surface area (Å²) in [4.78, 5) is 0. The molecule has 0 heterocycles. The van der Waals surface area contributed by atoms with Gasteiger partial charge in [0.1, 0.15) is 5.75 Å². The average Bonchev–Trinajstić information content (AvgIpc) is 2.36. The van der Waals surface area contributed by atoms with Crippen molar-refractivity contribution in [3.63, 3.8) is 0 Å². The zero-order valence-corrected chi connectivity index (χ0v) is 14.4. The minimum Gasteiger partial charge on any atom is -0.492 e. The van der Waals surface area contributed by atoms with Crippen LogP contribution in [-0.2, 0) is 11.3 Å². The largest absolute Gasteiger partial charge is 0.492 e. The number of nitrogens with one attached hydrogen (secondary N) is 2. The Morgan fingerprint density at radius 3 is 2.62 bits per heavy atom. The summed E-state index contributed by atoms with van der Waals surface area (Å²) < 4.78 is 12.2. The molecule has 21 heavy (non-hydrogen) atoms. The minimum absolute atomic E-state index is 0.0368. The van der Waals surface area contributed by atoms with Crippen molar-refractivity contribution in [2.75, 3.05) is 13.2 Å². The highest BCUT2D eigenvalue weighted by atomic mass is 79.9. The van der Waals surface area contributed by atoms with Gasteiger partial charge in [-0.05, 0) is 54.4 Å². The standard InChI is InChI=1S/C15H24BrN3O2/c1-15(2,3)21-8-4-7-20-13-6-5-11(9-12(13)16)10-19-14(17)18/h5-6,9H,4,7-8,10H2,1-3H3,(H4,17,18,19). The monoisotopic (exact) mass is 357 g/mol. The molecule has 0 radical (unpaired) electrons. The molecule has 0 spiro atoms. The summed E-state index contributed by atoms with van der Waals surface area (Å²) in [5.41, 5.74) is 6.18. The zero-order chi connectivity index (χ0) is 15.9. The number of halogens is 1. The number of ether oxygens (including phenoxy) is 2. The van der Waals surface area contributed by atoms with Gasteiger partial charge in [0, 0.05) is 13.0 Å². The Morgan fingerprint density at radius 2 is 2.05 bits per heavy atom. The fraction of sp³-hybridized carbons (Fsp3) is 0.533. The number of rotatable bonds is 7. The van der Waals surface area contributed by atoms with E-state index in [1.54, 1.807) is 0 Å². The highest BCUT2D eigenvalue weighted by molar-refractivity contribution is 9.10. The average molecular weight is 358 g/mol. The van der Waals surface area contributed by atoms with Gasteiger partial charge in [0.25, 0.3) is 0 Å². The molecule has 0 unspecified atom stereocenters. The Morgan fingerprint density at radius 1 is 1.33 bits per heavy atom. The Hall–Kier alpha value is -1.27. The fourth-order valence-corrected chi connectivity index (χ4v) is 2.13. The van der Waals surface area contributed by atoms with Gasteiger partial charge < -0.3 is 20.5 Å². The lowest BCUT2D eigenvalue weighted by Crippen LogP contribution is -2.29. The molecule has 6 heteroatoms. The molecule has 5 nitrogen and oxygen atoms in total. The molecule has 1 rings (SSSR count). The van der Waals surface area contributed by atoms with Gasteiger partial charge in [-0.1, -0.05) is 6.07 Å². The maximum atomic E-state index is 7.13. The van der Waals surface area contributed by atoms with Crippen molar-refractivity contribution in [2.24, 2.45) is 5.73 Å². The first-order chi connectivity index (χ1) is 9.78. The van der Waals surface area contributed by atoms with Crippen molar-refractivity contribution in [3.8, 4) is 5.75 Å². The molecule has 118 valence electrons.